The minimum atomic E-state index is -1.49. The van der Waals surface area contributed by atoms with Crippen molar-refractivity contribution < 1.29 is 19.4 Å². The minimum absolute atomic E-state index is 0.121. The predicted molar refractivity (Wildman–Crippen MR) is 46.2 cm³/mol. The van der Waals surface area contributed by atoms with Crippen LogP contribution >= 0.6 is 0 Å². The zero-order valence-corrected chi connectivity index (χ0v) is 7.68. The lowest BCUT2D eigenvalue weighted by Crippen LogP contribution is -2.18. The number of ether oxygens (including phenoxy) is 1. The molecule has 14 heavy (non-hydrogen) atoms. The lowest BCUT2D eigenvalue weighted by molar-refractivity contribution is 0.0816. The molecule has 0 aromatic carbocycles. The molecule has 1 rings (SSSR count). The smallest absolute Gasteiger partial charge is 0.452 e. The van der Waals surface area contributed by atoms with Crippen LogP contribution in [0.25, 0.3) is 0 Å². The summed E-state index contributed by atoms with van der Waals surface area (Å²) >= 11 is 0. The largest absolute Gasteiger partial charge is 0.462 e. The Labute approximate surface area is 81.0 Å². The van der Waals surface area contributed by atoms with Crippen LogP contribution in [-0.4, -0.2) is 23.4 Å². The summed E-state index contributed by atoms with van der Waals surface area (Å²) in [4.78, 5) is 20.8. The molecule has 78 valence electrons. The summed E-state index contributed by atoms with van der Waals surface area (Å²) in [6.45, 7) is 0. The minimum Gasteiger partial charge on any atom is -0.462 e. The highest BCUT2D eigenvalue weighted by molar-refractivity contribution is 5.72. The molecule has 1 saturated carbocycles. The molecule has 0 unspecified atom stereocenters. The molecule has 1 aliphatic rings. The van der Waals surface area contributed by atoms with Crippen LogP contribution in [0.15, 0.2) is 10.2 Å². The Bertz CT molecular complexity index is 246. The standard InChI is InChI=1S/C8H12N2O4/c11-7(12)9-10-8(13)14-6-4-2-1-3-5-6/h6H,1-5H2,(H,11,12). The van der Waals surface area contributed by atoms with Gasteiger partial charge < -0.3 is 9.84 Å². The monoisotopic (exact) mass is 200 g/mol. The summed E-state index contributed by atoms with van der Waals surface area (Å²) in [5.74, 6) is 0. The fourth-order valence-electron chi connectivity index (χ4n) is 1.43. The lowest BCUT2D eigenvalue weighted by Gasteiger charge is -2.20. The van der Waals surface area contributed by atoms with Gasteiger partial charge >= 0.3 is 12.2 Å². The van der Waals surface area contributed by atoms with Crippen molar-refractivity contribution in [3.05, 3.63) is 0 Å². The first-order chi connectivity index (χ1) is 6.68. The Balaban J connectivity index is 2.28. The molecular formula is C8H12N2O4. The van der Waals surface area contributed by atoms with E-state index < -0.39 is 12.2 Å². The highest BCUT2D eigenvalue weighted by Gasteiger charge is 2.17. The number of carbonyl (C=O) groups is 2. The maximum absolute atomic E-state index is 10.9. The third-order valence-corrected chi connectivity index (χ3v) is 2.04. The van der Waals surface area contributed by atoms with Gasteiger partial charge in [0, 0.05) is 0 Å². The van der Waals surface area contributed by atoms with E-state index in [-0.39, 0.29) is 6.10 Å². The number of hydrogen-bond acceptors (Lipinski definition) is 3. The van der Waals surface area contributed by atoms with Crippen LogP contribution in [0.5, 0.6) is 0 Å². The lowest BCUT2D eigenvalue weighted by atomic mass is 9.98. The summed E-state index contributed by atoms with van der Waals surface area (Å²) in [6, 6.07) is 0. The van der Waals surface area contributed by atoms with Crippen molar-refractivity contribution in [2.75, 3.05) is 0 Å². The first kappa shape index (κ1) is 10.6. The second-order valence-electron chi connectivity index (χ2n) is 3.13. The van der Waals surface area contributed by atoms with Gasteiger partial charge in [-0.1, -0.05) is 16.6 Å². The predicted octanol–water partition coefficient (Wildman–Crippen LogP) is 2.59. The maximum atomic E-state index is 10.9. The second-order valence-corrected chi connectivity index (χ2v) is 3.13. The van der Waals surface area contributed by atoms with Gasteiger partial charge in [-0.2, -0.15) is 0 Å². The van der Waals surface area contributed by atoms with Crippen LogP contribution in [0.2, 0.25) is 0 Å². The summed E-state index contributed by atoms with van der Waals surface area (Å²) in [7, 11) is 0. The number of carbonyl (C=O) groups excluding carboxylic acids is 1. The molecule has 0 saturated heterocycles. The van der Waals surface area contributed by atoms with Gasteiger partial charge in [-0.05, 0) is 25.7 Å². The van der Waals surface area contributed by atoms with E-state index in [1.54, 1.807) is 0 Å². The van der Waals surface area contributed by atoms with Gasteiger partial charge in [0.05, 0.1) is 0 Å². The number of carboxylic acid groups (broad SMARTS) is 1. The van der Waals surface area contributed by atoms with Crippen LogP contribution in [0.3, 0.4) is 0 Å². The Hall–Kier alpha value is -1.46. The summed E-state index contributed by atoms with van der Waals surface area (Å²) in [6.07, 6.45) is 2.35. The Morgan fingerprint density at radius 1 is 1.14 bits per heavy atom. The van der Waals surface area contributed by atoms with Crippen molar-refractivity contribution >= 4 is 12.2 Å². The zero-order chi connectivity index (χ0) is 10.4. The van der Waals surface area contributed by atoms with Gasteiger partial charge in [-0.25, -0.2) is 9.59 Å². The van der Waals surface area contributed by atoms with E-state index in [1.807, 2.05) is 0 Å². The molecule has 0 radical (unpaired) electrons. The first-order valence-electron chi connectivity index (χ1n) is 4.54. The van der Waals surface area contributed by atoms with E-state index in [2.05, 4.69) is 10.2 Å². The highest BCUT2D eigenvalue weighted by Crippen LogP contribution is 2.20. The average molecular weight is 200 g/mol. The summed E-state index contributed by atoms with van der Waals surface area (Å²) in [5, 5.41) is 13.6. The van der Waals surface area contributed by atoms with Crippen LogP contribution in [0, 0.1) is 0 Å². The molecule has 1 aliphatic carbocycles. The van der Waals surface area contributed by atoms with Crippen molar-refractivity contribution in [1.82, 2.24) is 0 Å². The molecule has 1 fully saturated rings. The second kappa shape index (κ2) is 5.31. The third-order valence-electron chi connectivity index (χ3n) is 2.04. The van der Waals surface area contributed by atoms with Crippen molar-refractivity contribution in [3.8, 4) is 0 Å². The van der Waals surface area contributed by atoms with Gasteiger partial charge in [-0.15, -0.1) is 0 Å². The van der Waals surface area contributed by atoms with E-state index >= 15 is 0 Å². The van der Waals surface area contributed by atoms with Gasteiger partial charge in [0.2, 0.25) is 0 Å². The van der Waals surface area contributed by atoms with Crippen molar-refractivity contribution in [1.29, 1.82) is 0 Å². The molecule has 0 atom stereocenters. The summed E-state index contributed by atoms with van der Waals surface area (Å²) < 4.78 is 4.88. The molecule has 2 amide bonds. The fourth-order valence-corrected chi connectivity index (χ4v) is 1.43. The molecule has 0 heterocycles. The molecule has 0 aromatic rings. The Morgan fingerprint density at radius 3 is 2.36 bits per heavy atom. The maximum Gasteiger partial charge on any atom is 0.452 e. The summed E-state index contributed by atoms with van der Waals surface area (Å²) in [5.41, 5.74) is 0. The van der Waals surface area contributed by atoms with Crippen LogP contribution in [-0.2, 0) is 4.74 Å². The molecule has 6 heteroatoms. The van der Waals surface area contributed by atoms with Crippen molar-refractivity contribution in [2.24, 2.45) is 10.2 Å². The average Bonchev–Trinajstić information content (AvgIpc) is 2.16. The number of amides is 2. The van der Waals surface area contributed by atoms with Gasteiger partial charge in [0.1, 0.15) is 6.10 Å². The van der Waals surface area contributed by atoms with Crippen molar-refractivity contribution in [3.63, 3.8) is 0 Å². The van der Waals surface area contributed by atoms with Crippen LogP contribution in [0.1, 0.15) is 32.1 Å². The zero-order valence-electron chi connectivity index (χ0n) is 7.68. The molecule has 0 aromatic heterocycles. The van der Waals surface area contributed by atoms with E-state index in [0.717, 1.165) is 32.1 Å². The Morgan fingerprint density at radius 2 is 1.79 bits per heavy atom. The van der Waals surface area contributed by atoms with E-state index in [9.17, 15) is 9.59 Å². The third kappa shape index (κ3) is 3.97. The van der Waals surface area contributed by atoms with Crippen LogP contribution in [0.4, 0.5) is 9.59 Å². The number of hydrogen-bond donors (Lipinski definition) is 1. The molecule has 1 N–H and O–H groups in total. The normalized spacial score (nSPS) is 18.3. The number of rotatable bonds is 1. The van der Waals surface area contributed by atoms with Gasteiger partial charge in [0.15, 0.2) is 0 Å². The highest BCUT2D eigenvalue weighted by atomic mass is 16.6. The van der Waals surface area contributed by atoms with Crippen LogP contribution < -0.4 is 0 Å². The SMILES string of the molecule is O=C(O)N=NC(=O)OC1CCCCC1. The first-order valence-corrected chi connectivity index (χ1v) is 4.54. The Kier molecular flexibility index (Phi) is 4.03. The van der Waals surface area contributed by atoms with E-state index in [1.165, 1.54) is 0 Å². The number of nitrogens with zero attached hydrogens (tertiary/aromatic N) is 2. The fraction of sp³-hybridized carbons (Fsp3) is 0.750. The van der Waals surface area contributed by atoms with Gasteiger partial charge in [-0.3, -0.25) is 0 Å². The van der Waals surface area contributed by atoms with E-state index in [4.69, 9.17) is 9.84 Å². The molecule has 0 spiro atoms. The molecular weight excluding hydrogens is 188 g/mol. The quantitative estimate of drug-likeness (QED) is 0.659. The molecule has 6 nitrogen and oxygen atoms in total. The number of azo groups is 1. The van der Waals surface area contributed by atoms with E-state index in [0.29, 0.717) is 0 Å². The molecule has 0 bridgehead atoms. The molecule has 0 aliphatic heterocycles. The topological polar surface area (TPSA) is 88.3 Å². The van der Waals surface area contributed by atoms with Gasteiger partial charge in [0.25, 0.3) is 0 Å². The van der Waals surface area contributed by atoms with Crippen molar-refractivity contribution in [2.45, 2.75) is 38.2 Å².